The molecule has 2 unspecified atom stereocenters. The van der Waals surface area contributed by atoms with Crippen LogP contribution in [0.1, 0.15) is 26.2 Å². The largest absolute Gasteiger partial charge is 0.352 e. The Morgan fingerprint density at radius 3 is 2.90 bits per heavy atom. The van der Waals surface area contributed by atoms with E-state index in [9.17, 15) is 0 Å². The maximum Gasteiger partial charge on any atom is 0.129 e. The van der Waals surface area contributed by atoms with E-state index in [1.54, 1.807) is 0 Å². The molecule has 0 radical (unpaired) electrons. The van der Waals surface area contributed by atoms with E-state index in [-0.39, 0.29) is 0 Å². The molecule has 1 saturated heterocycles. The van der Waals surface area contributed by atoms with Gasteiger partial charge in [0.2, 0.25) is 0 Å². The summed E-state index contributed by atoms with van der Waals surface area (Å²) < 4.78 is 0. The van der Waals surface area contributed by atoms with Gasteiger partial charge < -0.3 is 10.2 Å². The lowest BCUT2D eigenvalue weighted by atomic mass is 9.96. The first kappa shape index (κ1) is 13.4. The van der Waals surface area contributed by atoms with Crippen molar-refractivity contribution in [3.63, 3.8) is 0 Å². The number of benzene rings is 1. The van der Waals surface area contributed by atoms with E-state index in [1.165, 1.54) is 24.6 Å². The molecule has 0 saturated carbocycles. The van der Waals surface area contributed by atoms with Crippen molar-refractivity contribution in [1.82, 2.24) is 10.3 Å². The van der Waals surface area contributed by atoms with E-state index in [0.29, 0.717) is 12.1 Å². The third-order valence-corrected chi connectivity index (χ3v) is 4.46. The normalized spacial score (nSPS) is 21.1. The number of likely N-dealkylation sites (N-methyl/N-ethyl adjacent to an activating group) is 1. The van der Waals surface area contributed by atoms with E-state index in [1.807, 2.05) is 7.05 Å². The van der Waals surface area contributed by atoms with Crippen molar-refractivity contribution in [2.24, 2.45) is 0 Å². The molecule has 3 heteroatoms. The van der Waals surface area contributed by atoms with Crippen LogP contribution in [0.5, 0.6) is 0 Å². The van der Waals surface area contributed by atoms with Crippen LogP contribution in [0.15, 0.2) is 36.4 Å². The van der Waals surface area contributed by atoms with E-state index in [2.05, 4.69) is 53.5 Å². The van der Waals surface area contributed by atoms with Crippen LogP contribution >= 0.6 is 0 Å². The van der Waals surface area contributed by atoms with E-state index in [0.717, 1.165) is 17.9 Å². The smallest absolute Gasteiger partial charge is 0.129 e. The van der Waals surface area contributed by atoms with Crippen LogP contribution in [0.4, 0.5) is 5.82 Å². The average molecular weight is 269 g/mol. The van der Waals surface area contributed by atoms with E-state index < -0.39 is 0 Å². The molecule has 2 atom stereocenters. The first-order chi connectivity index (χ1) is 9.79. The Labute approximate surface area is 121 Å². The van der Waals surface area contributed by atoms with Crippen molar-refractivity contribution in [2.75, 3.05) is 18.5 Å². The molecule has 0 spiro atoms. The summed E-state index contributed by atoms with van der Waals surface area (Å²) in [5.74, 6) is 1.12. The van der Waals surface area contributed by atoms with Gasteiger partial charge in [-0.3, -0.25) is 0 Å². The number of hydrogen-bond donors (Lipinski definition) is 1. The van der Waals surface area contributed by atoms with Gasteiger partial charge in [-0.25, -0.2) is 4.98 Å². The molecular weight excluding hydrogens is 246 g/mol. The second-order valence-corrected chi connectivity index (χ2v) is 5.70. The molecule has 0 amide bonds. The maximum atomic E-state index is 4.86. The van der Waals surface area contributed by atoms with Crippen LogP contribution in [0, 0.1) is 0 Å². The first-order valence-electron chi connectivity index (χ1n) is 7.59. The second kappa shape index (κ2) is 5.80. The van der Waals surface area contributed by atoms with Crippen LogP contribution < -0.4 is 10.2 Å². The van der Waals surface area contributed by atoms with Gasteiger partial charge >= 0.3 is 0 Å². The highest BCUT2D eigenvalue weighted by atomic mass is 15.2. The number of pyridine rings is 1. The summed E-state index contributed by atoms with van der Waals surface area (Å²) in [6.07, 6.45) is 3.83. The van der Waals surface area contributed by atoms with Gasteiger partial charge in [-0.1, -0.05) is 18.2 Å². The zero-order valence-corrected chi connectivity index (χ0v) is 12.3. The molecule has 0 aliphatic carbocycles. The monoisotopic (exact) mass is 269 g/mol. The Hall–Kier alpha value is -1.61. The summed E-state index contributed by atoms with van der Waals surface area (Å²) in [7, 11) is 2.05. The minimum Gasteiger partial charge on any atom is -0.352 e. The van der Waals surface area contributed by atoms with Crippen molar-refractivity contribution in [1.29, 1.82) is 0 Å². The minimum atomic E-state index is 0.489. The number of piperidine rings is 1. The molecule has 20 heavy (non-hydrogen) atoms. The molecule has 2 heterocycles. The summed E-state index contributed by atoms with van der Waals surface area (Å²) in [5, 5.41) is 4.62. The molecule has 1 aliphatic rings. The molecule has 3 nitrogen and oxygen atoms in total. The molecule has 106 valence electrons. The van der Waals surface area contributed by atoms with Crippen LogP contribution in [-0.4, -0.2) is 30.7 Å². The standard InChI is InChI=1S/C17H23N3/c1-13(18-2)16-9-5-6-12-20(16)17-11-10-14-7-3-4-8-15(14)19-17/h3-4,7-8,10-11,13,16,18H,5-6,9,12H2,1-2H3. The van der Waals surface area contributed by atoms with Crippen LogP contribution in [0.3, 0.4) is 0 Å². The summed E-state index contributed by atoms with van der Waals surface area (Å²) in [5.41, 5.74) is 1.09. The van der Waals surface area contributed by atoms with Gasteiger partial charge in [-0.15, -0.1) is 0 Å². The Balaban J connectivity index is 1.94. The Kier molecular flexibility index (Phi) is 3.88. The number of rotatable bonds is 3. The molecule has 1 aromatic heterocycles. The van der Waals surface area contributed by atoms with Gasteiger partial charge in [-0.2, -0.15) is 0 Å². The maximum absolute atomic E-state index is 4.86. The zero-order valence-electron chi connectivity index (χ0n) is 12.3. The zero-order chi connectivity index (χ0) is 13.9. The first-order valence-corrected chi connectivity index (χ1v) is 7.59. The summed E-state index contributed by atoms with van der Waals surface area (Å²) in [4.78, 5) is 7.35. The van der Waals surface area contributed by atoms with E-state index >= 15 is 0 Å². The van der Waals surface area contributed by atoms with Crippen LogP contribution in [0.2, 0.25) is 0 Å². The summed E-state index contributed by atoms with van der Waals surface area (Å²) in [6, 6.07) is 13.7. The minimum absolute atomic E-state index is 0.489. The molecule has 3 rings (SSSR count). The summed E-state index contributed by atoms with van der Waals surface area (Å²) in [6.45, 7) is 3.38. The quantitative estimate of drug-likeness (QED) is 0.927. The number of fused-ring (bicyclic) bond motifs is 1. The fourth-order valence-corrected chi connectivity index (χ4v) is 3.17. The van der Waals surface area contributed by atoms with E-state index in [4.69, 9.17) is 4.98 Å². The molecule has 1 aromatic carbocycles. The van der Waals surface area contributed by atoms with Crippen LogP contribution in [0.25, 0.3) is 10.9 Å². The summed E-state index contributed by atoms with van der Waals surface area (Å²) >= 11 is 0. The Morgan fingerprint density at radius 1 is 1.20 bits per heavy atom. The lowest BCUT2D eigenvalue weighted by molar-refractivity contribution is 0.380. The highest BCUT2D eigenvalue weighted by molar-refractivity contribution is 5.80. The van der Waals surface area contributed by atoms with Gasteiger partial charge in [0, 0.05) is 24.0 Å². The number of para-hydroxylation sites is 1. The Morgan fingerprint density at radius 2 is 2.05 bits per heavy atom. The van der Waals surface area contributed by atoms with Crippen molar-refractivity contribution in [2.45, 2.75) is 38.3 Å². The average Bonchev–Trinajstić information content (AvgIpc) is 2.53. The van der Waals surface area contributed by atoms with Gasteiger partial charge in [0.05, 0.1) is 5.52 Å². The predicted octanol–water partition coefficient (Wildman–Crippen LogP) is 3.20. The third kappa shape index (κ3) is 2.50. The number of anilines is 1. The molecular formula is C17H23N3. The fraction of sp³-hybridized carbons (Fsp3) is 0.471. The SMILES string of the molecule is CNC(C)C1CCCCN1c1ccc2ccccc2n1. The highest BCUT2D eigenvalue weighted by Crippen LogP contribution is 2.26. The van der Waals surface area contributed by atoms with Gasteiger partial charge in [0.1, 0.15) is 5.82 Å². The van der Waals surface area contributed by atoms with Crippen molar-refractivity contribution in [3.8, 4) is 0 Å². The van der Waals surface area contributed by atoms with Crippen molar-refractivity contribution in [3.05, 3.63) is 36.4 Å². The van der Waals surface area contributed by atoms with Gasteiger partial charge in [0.25, 0.3) is 0 Å². The molecule has 1 N–H and O–H groups in total. The van der Waals surface area contributed by atoms with Crippen molar-refractivity contribution >= 4 is 16.7 Å². The fourth-order valence-electron chi connectivity index (χ4n) is 3.17. The van der Waals surface area contributed by atoms with Gasteiger partial charge in [-0.05, 0) is 51.4 Å². The van der Waals surface area contributed by atoms with Gasteiger partial charge in [0.15, 0.2) is 0 Å². The lowest BCUT2D eigenvalue weighted by Crippen LogP contribution is -2.50. The highest BCUT2D eigenvalue weighted by Gasteiger charge is 2.27. The molecule has 1 aliphatic heterocycles. The number of nitrogens with zero attached hydrogens (tertiary/aromatic N) is 2. The lowest BCUT2D eigenvalue weighted by Gasteiger charge is -2.40. The van der Waals surface area contributed by atoms with Crippen LogP contribution in [-0.2, 0) is 0 Å². The predicted molar refractivity (Wildman–Crippen MR) is 85.2 cm³/mol. The van der Waals surface area contributed by atoms with Crippen molar-refractivity contribution < 1.29 is 0 Å². The third-order valence-electron chi connectivity index (χ3n) is 4.46. The Bertz CT molecular complexity index is 581. The number of nitrogens with one attached hydrogen (secondary N) is 1. The molecule has 0 bridgehead atoms. The number of aromatic nitrogens is 1. The molecule has 2 aromatic rings. The molecule has 1 fully saturated rings. The topological polar surface area (TPSA) is 28.2 Å². The number of hydrogen-bond acceptors (Lipinski definition) is 3. The second-order valence-electron chi connectivity index (χ2n) is 5.70.